The van der Waals surface area contributed by atoms with Gasteiger partial charge in [-0.25, -0.2) is 9.07 Å². The van der Waals surface area contributed by atoms with Crippen LogP contribution in [0.15, 0.2) is 24.4 Å². The SMILES string of the molecule is CCC(Cl)c1cn(-c2cc(F)ccc2[N+](=O)[O-])nn1. The van der Waals surface area contributed by atoms with Crippen LogP contribution >= 0.6 is 11.6 Å². The molecule has 0 radical (unpaired) electrons. The van der Waals surface area contributed by atoms with Crippen molar-refractivity contribution in [3.05, 3.63) is 46.0 Å². The first kappa shape index (κ1) is 13.4. The van der Waals surface area contributed by atoms with Crippen molar-refractivity contribution in [1.82, 2.24) is 15.0 Å². The maximum atomic E-state index is 13.2. The maximum absolute atomic E-state index is 13.2. The molecule has 0 aliphatic rings. The summed E-state index contributed by atoms with van der Waals surface area (Å²) in [5, 5.41) is 18.1. The van der Waals surface area contributed by atoms with E-state index in [1.54, 1.807) is 0 Å². The molecule has 100 valence electrons. The first-order valence-electron chi connectivity index (χ1n) is 5.53. The summed E-state index contributed by atoms with van der Waals surface area (Å²) in [6.45, 7) is 1.88. The van der Waals surface area contributed by atoms with E-state index >= 15 is 0 Å². The zero-order chi connectivity index (χ0) is 14.0. The van der Waals surface area contributed by atoms with Crippen LogP contribution in [0.25, 0.3) is 5.69 Å². The fraction of sp³-hybridized carbons (Fsp3) is 0.273. The number of nitro groups is 1. The Morgan fingerprint density at radius 1 is 1.58 bits per heavy atom. The topological polar surface area (TPSA) is 73.8 Å². The van der Waals surface area contributed by atoms with Gasteiger partial charge >= 0.3 is 0 Å². The van der Waals surface area contributed by atoms with E-state index in [0.717, 1.165) is 22.9 Å². The molecule has 1 unspecified atom stereocenters. The first-order valence-corrected chi connectivity index (χ1v) is 5.97. The summed E-state index contributed by atoms with van der Waals surface area (Å²) in [6.07, 6.45) is 2.11. The first-order chi connectivity index (χ1) is 9.02. The molecule has 0 aliphatic carbocycles. The van der Waals surface area contributed by atoms with Crippen LogP contribution in [0.4, 0.5) is 10.1 Å². The minimum absolute atomic E-state index is 0.0173. The van der Waals surface area contributed by atoms with Gasteiger partial charge < -0.3 is 0 Å². The van der Waals surface area contributed by atoms with E-state index < -0.39 is 10.7 Å². The van der Waals surface area contributed by atoms with Crippen molar-refractivity contribution in [2.45, 2.75) is 18.7 Å². The number of nitro benzene ring substituents is 1. The van der Waals surface area contributed by atoms with Crippen molar-refractivity contribution in [2.75, 3.05) is 0 Å². The zero-order valence-electron chi connectivity index (χ0n) is 9.96. The van der Waals surface area contributed by atoms with Crippen LogP contribution in [-0.2, 0) is 0 Å². The van der Waals surface area contributed by atoms with Gasteiger partial charge in [-0.05, 0) is 12.5 Å². The molecule has 0 saturated carbocycles. The Bertz CT molecular complexity index is 616. The molecule has 1 aromatic heterocycles. The van der Waals surface area contributed by atoms with Gasteiger partial charge in [0.05, 0.1) is 16.5 Å². The highest BCUT2D eigenvalue weighted by molar-refractivity contribution is 6.20. The number of nitrogens with zero attached hydrogens (tertiary/aromatic N) is 4. The van der Waals surface area contributed by atoms with Crippen molar-refractivity contribution in [2.24, 2.45) is 0 Å². The fourth-order valence-electron chi connectivity index (χ4n) is 1.58. The highest BCUT2D eigenvalue weighted by atomic mass is 35.5. The normalized spacial score (nSPS) is 12.4. The second-order valence-corrected chi connectivity index (χ2v) is 4.38. The lowest BCUT2D eigenvalue weighted by Crippen LogP contribution is -2.01. The molecule has 0 saturated heterocycles. The summed E-state index contributed by atoms with van der Waals surface area (Å²) in [6, 6.07) is 3.14. The van der Waals surface area contributed by atoms with Gasteiger partial charge in [0.1, 0.15) is 17.2 Å². The van der Waals surface area contributed by atoms with E-state index in [0.29, 0.717) is 12.1 Å². The van der Waals surface area contributed by atoms with Gasteiger partial charge in [0.2, 0.25) is 0 Å². The summed E-state index contributed by atoms with van der Waals surface area (Å²) in [5.74, 6) is -0.587. The molecule has 2 aromatic rings. The number of hydrogen-bond acceptors (Lipinski definition) is 4. The highest BCUT2D eigenvalue weighted by Gasteiger charge is 2.19. The largest absolute Gasteiger partial charge is 0.295 e. The number of aromatic nitrogens is 3. The molecule has 0 fully saturated rings. The lowest BCUT2D eigenvalue weighted by atomic mass is 10.2. The van der Waals surface area contributed by atoms with Crippen LogP contribution in [0.5, 0.6) is 0 Å². The van der Waals surface area contributed by atoms with E-state index in [4.69, 9.17) is 11.6 Å². The van der Waals surface area contributed by atoms with E-state index in [-0.39, 0.29) is 16.8 Å². The predicted molar refractivity (Wildman–Crippen MR) is 66.9 cm³/mol. The molecule has 0 aliphatic heterocycles. The molecule has 0 N–H and O–H groups in total. The number of alkyl halides is 1. The van der Waals surface area contributed by atoms with Crippen LogP contribution in [-0.4, -0.2) is 19.9 Å². The third-order valence-electron chi connectivity index (χ3n) is 2.57. The van der Waals surface area contributed by atoms with E-state index in [1.807, 2.05) is 6.92 Å². The van der Waals surface area contributed by atoms with Gasteiger partial charge in [0, 0.05) is 12.1 Å². The van der Waals surface area contributed by atoms with Gasteiger partial charge in [0.25, 0.3) is 5.69 Å². The number of benzene rings is 1. The molecular formula is C11H10ClFN4O2. The molecule has 1 heterocycles. The Morgan fingerprint density at radius 3 is 2.95 bits per heavy atom. The van der Waals surface area contributed by atoms with Crippen molar-refractivity contribution in [1.29, 1.82) is 0 Å². The molecule has 1 atom stereocenters. The molecule has 8 heteroatoms. The molecule has 0 amide bonds. The molecular weight excluding hydrogens is 275 g/mol. The molecule has 6 nitrogen and oxygen atoms in total. The lowest BCUT2D eigenvalue weighted by molar-refractivity contribution is -0.384. The molecule has 1 aromatic carbocycles. The Balaban J connectivity index is 2.49. The standard InChI is InChI=1S/C11H10ClFN4O2/c1-2-8(12)9-6-16(15-14-9)11-5-7(13)3-4-10(11)17(18)19/h3-6,8H,2H2,1H3. The molecule has 0 spiro atoms. The van der Waals surface area contributed by atoms with Crippen molar-refractivity contribution in [3.8, 4) is 5.69 Å². The quantitative estimate of drug-likeness (QED) is 0.491. The second-order valence-electron chi connectivity index (χ2n) is 3.85. The van der Waals surface area contributed by atoms with Crippen LogP contribution < -0.4 is 0 Å². The summed E-state index contributed by atoms with van der Waals surface area (Å²) < 4.78 is 14.4. The Kier molecular flexibility index (Phi) is 3.75. The Labute approximate surface area is 113 Å². The van der Waals surface area contributed by atoms with E-state index in [1.165, 1.54) is 6.20 Å². The van der Waals surface area contributed by atoms with Crippen molar-refractivity contribution in [3.63, 3.8) is 0 Å². The van der Waals surface area contributed by atoms with Gasteiger partial charge in [-0.3, -0.25) is 10.1 Å². The third-order valence-corrected chi connectivity index (χ3v) is 3.10. The smallest absolute Gasteiger partial charge is 0.258 e. The van der Waals surface area contributed by atoms with E-state index in [2.05, 4.69) is 10.3 Å². The van der Waals surface area contributed by atoms with Crippen molar-refractivity contribution >= 4 is 17.3 Å². The van der Waals surface area contributed by atoms with Gasteiger partial charge in [-0.15, -0.1) is 16.7 Å². The monoisotopic (exact) mass is 284 g/mol. The predicted octanol–water partition coefficient (Wildman–Crippen LogP) is 3.00. The Hall–Kier alpha value is -2.02. The number of hydrogen-bond donors (Lipinski definition) is 0. The lowest BCUT2D eigenvalue weighted by Gasteiger charge is -2.02. The van der Waals surface area contributed by atoms with Crippen LogP contribution in [0.3, 0.4) is 0 Å². The van der Waals surface area contributed by atoms with Crippen LogP contribution in [0.1, 0.15) is 24.4 Å². The Morgan fingerprint density at radius 2 is 2.32 bits per heavy atom. The molecule has 0 bridgehead atoms. The minimum atomic E-state index is -0.603. The summed E-state index contributed by atoms with van der Waals surface area (Å²) >= 11 is 6.00. The summed E-state index contributed by atoms with van der Waals surface area (Å²) in [5.41, 5.74) is 0.256. The van der Waals surface area contributed by atoms with Crippen LogP contribution in [0, 0.1) is 15.9 Å². The summed E-state index contributed by atoms with van der Waals surface area (Å²) in [7, 11) is 0. The van der Waals surface area contributed by atoms with Gasteiger partial charge in [-0.1, -0.05) is 12.1 Å². The molecule has 19 heavy (non-hydrogen) atoms. The van der Waals surface area contributed by atoms with E-state index in [9.17, 15) is 14.5 Å². The number of halogens is 2. The minimum Gasteiger partial charge on any atom is -0.258 e. The van der Waals surface area contributed by atoms with Gasteiger partial charge in [0.15, 0.2) is 0 Å². The fourth-order valence-corrected chi connectivity index (χ4v) is 1.68. The third kappa shape index (κ3) is 2.70. The zero-order valence-corrected chi connectivity index (χ0v) is 10.7. The average molecular weight is 285 g/mol. The average Bonchev–Trinajstić information content (AvgIpc) is 2.86. The maximum Gasteiger partial charge on any atom is 0.295 e. The molecule has 2 rings (SSSR count). The highest BCUT2D eigenvalue weighted by Crippen LogP contribution is 2.26. The second kappa shape index (κ2) is 5.31. The van der Waals surface area contributed by atoms with Gasteiger partial charge in [-0.2, -0.15) is 0 Å². The van der Waals surface area contributed by atoms with Crippen LogP contribution in [0.2, 0.25) is 0 Å². The van der Waals surface area contributed by atoms with Crippen molar-refractivity contribution < 1.29 is 9.31 Å². The number of rotatable bonds is 4. The summed E-state index contributed by atoms with van der Waals surface area (Å²) in [4.78, 5) is 10.3.